The lowest BCUT2D eigenvalue weighted by atomic mass is 9.74. The zero-order valence-corrected chi connectivity index (χ0v) is 14.1. The molecule has 0 amide bonds. The molecule has 114 valence electrons. The summed E-state index contributed by atoms with van der Waals surface area (Å²) in [5, 5.41) is 7.25. The fourth-order valence-corrected chi connectivity index (χ4v) is 4.25. The third-order valence-corrected chi connectivity index (χ3v) is 5.40. The molecule has 2 nitrogen and oxygen atoms in total. The summed E-state index contributed by atoms with van der Waals surface area (Å²) in [4.78, 5) is 4.68. The minimum Gasteiger partial charge on any atom is -0.314 e. The summed E-state index contributed by atoms with van der Waals surface area (Å²) >= 11 is 1.79. The van der Waals surface area contributed by atoms with Gasteiger partial charge in [-0.25, -0.2) is 4.98 Å². The van der Waals surface area contributed by atoms with Gasteiger partial charge < -0.3 is 5.32 Å². The Morgan fingerprint density at radius 2 is 2.15 bits per heavy atom. The van der Waals surface area contributed by atoms with E-state index in [-0.39, 0.29) is 0 Å². The van der Waals surface area contributed by atoms with Crippen molar-refractivity contribution in [3.63, 3.8) is 0 Å². The highest BCUT2D eigenvalue weighted by Gasteiger charge is 2.30. The highest BCUT2D eigenvalue weighted by molar-refractivity contribution is 7.09. The van der Waals surface area contributed by atoms with Crippen molar-refractivity contribution in [2.75, 3.05) is 6.54 Å². The molecule has 0 radical (unpaired) electrons. The first-order chi connectivity index (χ1) is 9.72. The minimum atomic E-state index is 0.713. The topological polar surface area (TPSA) is 24.9 Å². The summed E-state index contributed by atoms with van der Waals surface area (Å²) in [5.41, 5.74) is 1.32. The molecular formula is C17H30N2S. The largest absolute Gasteiger partial charge is 0.314 e. The summed E-state index contributed by atoms with van der Waals surface area (Å²) in [6.07, 6.45) is 9.32. The fourth-order valence-electron chi connectivity index (χ4n) is 3.63. The van der Waals surface area contributed by atoms with Crippen molar-refractivity contribution in [2.45, 2.75) is 71.8 Å². The first kappa shape index (κ1) is 16.0. The van der Waals surface area contributed by atoms with E-state index in [4.69, 9.17) is 0 Å². The van der Waals surface area contributed by atoms with Gasteiger partial charge in [-0.1, -0.05) is 26.7 Å². The molecule has 0 spiro atoms. The van der Waals surface area contributed by atoms with Gasteiger partial charge in [0.05, 0.1) is 10.7 Å². The minimum absolute atomic E-state index is 0.713. The summed E-state index contributed by atoms with van der Waals surface area (Å²) in [5.74, 6) is 1.73. The van der Waals surface area contributed by atoms with E-state index in [2.05, 4.69) is 36.5 Å². The molecule has 0 bridgehead atoms. The predicted octanol–water partition coefficient (Wildman–Crippen LogP) is 4.58. The predicted molar refractivity (Wildman–Crippen MR) is 88.4 cm³/mol. The second kappa shape index (κ2) is 8.14. The molecule has 3 heteroatoms. The molecule has 3 unspecified atom stereocenters. The van der Waals surface area contributed by atoms with Gasteiger partial charge in [-0.3, -0.25) is 0 Å². The fraction of sp³-hybridized carbons (Fsp3) is 0.824. The zero-order valence-electron chi connectivity index (χ0n) is 13.3. The van der Waals surface area contributed by atoms with Gasteiger partial charge in [0.25, 0.3) is 0 Å². The van der Waals surface area contributed by atoms with Crippen LogP contribution in [0.5, 0.6) is 0 Å². The Balaban J connectivity index is 1.96. The SMILES string of the molecule is CCCNC1CCC(CCC)CC1Cc1csc(C)n1. The van der Waals surface area contributed by atoms with Gasteiger partial charge in [-0.05, 0) is 57.4 Å². The lowest BCUT2D eigenvalue weighted by Crippen LogP contribution is -2.42. The molecule has 1 aliphatic rings. The number of hydrogen-bond acceptors (Lipinski definition) is 3. The Hall–Kier alpha value is -0.410. The van der Waals surface area contributed by atoms with Crippen LogP contribution in [0.4, 0.5) is 0 Å². The van der Waals surface area contributed by atoms with E-state index in [0.717, 1.165) is 18.4 Å². The molecule has 3 atom stereocenters. The summed E-state index contributed by atoms with van der Waals surface area (Å²) in [6.45, 7) is 7.85. The van der Waals surface area contributed by atoms with Crippen LogP contribution in [-0.4, -0.2) is 17.6 Å². The smallest absolute Gasteiger partial charge is 0.0897 e. The molecule has 0 aromatic carbocycles. The van der Waals surface area contributed by atoms with Crippen molar-refractivity contribution < 1.29 is 0 Å². The van der Waals surface area contributed by atoms with E-state index in [1.165, 1.54) is 55.6 Å². The van der Waals surface area contributed by atoms with Crippen LogP contribution in [0.25, 0.3) is 0 Å². The Morgan fingerprint density at radius 3 is 2.80 bits per heavy atom. The zero-order chi connectivity index (χ0) is 14.4. The van der Waals surface area contributed by atoms with Crippen molar-refractivity contribution in [3.8, 4) is 0 Å². The molecule has 20 heavy (non-hydrogen) atoms. The lowest BCUT2D eigenvalue weighted by molar-refractivity contribution is 0.193. The van der Waals surface area contributed by atoms with Crippen LogP contribution in [0.1, 0.15) is 63.1 Å². The highest BCUT2D eigenvalue weighted by atomic mass is 32.1. The Kier molecular flexibility index (Phi) is 6.50. The van der Waals surface area contributed by atoms with E-state index in [1.54, 1.807) is 11.3 Å². The van der Waals surface area contributed by atoms with Gasteiger partial charge >= 0.3 is 0 Å². The maximum Gasteiger partial charge on any atom is 0.0897 e. The van der Waals surface area contributed by atoms with Crippen LogP contribution in [0.3, 0.4) is 0 Å². The van der Waals surface area contributed by atoms with Crippen molar-refractivity contribution in [3.05, 3.63) is 16.1 Å². The van der Waals surface area contributed by atoms with Crippen LogP contribution in [0, 0.1) is 18.8 Å². The number of aromatic nitrogens is 1. The molecule has 1 heterocycles. The van der Waals surface area contributed by atoms with E-state index in [1.807, 2.05) is 0 Å². The third-order valence-electron chi connectivity index (χ3n) is 4.58. The second-order valence-electron chi connectivity index (χ2n) is 6.35. The Labute approximate surface area is 128 Å². The molecule has 0 saturated heterocycles. The average molecular weight is 295 g/mol. The first-order valence-corrected chi connectivity index (χ1v) is 9.25. The van der Waals surface area contributed by atoms with Gasteiger partial charge in [-0.2, -0.15) is 0 Å². The summed E-state index contributed by atoms with van der Waals surface area (Å²) in [6, 6.07) is 0.713. The van der Waals surface area contributed by atoms with E-state index < -0.39 is 0 Å². The molecule has 1 fully saturated rings. The quantitative estimate of drug-likeness (QED) is 0.796. The molecule has 2 rings (SSSR count). The molecular weight excluding hydrogens is 264 g/mol. The third kappa shape index (κ3) is 4.56. The van der Waals surface area contributed by atoms with Crippen molar-refractivity contribution in [1.82, 2.24) is 10.3 Å². The van der Waals surface area contributed by atoms with E-state index in [0.29, 0.717) is 6.04 Å². The van der Waals surface area contributed by atoms with Crippen LogP contribution < -0.4 is 5.32 Å². The Bertz CT molecular complexity index is 388. The van der Waals surface area contributed by atoms with Gasteiger partial charge in [0.2, 0.25) is 0 Å². The summed E-state index contributed by atoms with van der Waals surface area (Å²) in [7, 11) is 0. The second-order valence-corrected chi connectivity index (χ2v) is 7.41. The van der Waals surface area contributed by atoms with Gasteiger partial charge in [0, 0.05) is 11.4 Å². The van der Waals surface area contributed by atoms with Crippen molar-refractivity contribution in [2.24, 2.45) is 11.8 Å². The Morgan fingerprint density at radius 1 is 1.30 bits per heavy atom. The maximum atomic E-state index is 4.68. The number of nitrogens with zero attached hydrogens (tertiary/aromatic N) is 1. The number of hydrogen-bond donors (Lipinski definition) is 1. The highest BCUT2D eigenvalue weighted by Crippen LogP contribution is 2.34. The maximum absolute atomic E-state index is 4.68. The normalized spacial score (nSPS) is 26.9. The van der Waals surface area contributed by atoms with E-state index >= 15 is 0 Å². The van der Waals surface area contributed by atoms with Crippen LogP contribution in [0.2, 0.25) is 0 Å². The average Bonchev–Trinajstić information content (AvgIpc) is 2.84. The van der Waals surface area contributed by atoms with Crippen LogP contribution in [0.15, 0.2) is 5.38 Å². The molecule has 1 N–H and O–H groups in total. The number of thiazole rings is 1. The molecule has 1 aromatic heterocycles. The summed E-state index contributed by atoms with van der Waals surface area (Å²) < 4.78 is 0. The molecule has 1 aliphatic carbocycles. The van der Waals surface area contributed by atoms with Crippen LogP contribution >= 0.6 is 11.3 Å². The lowest BCUT2D eigenvalue weighted by Gasteiger charge is -2.36. The molecule has 1 aromatic rings. The number of aryl methyl sites for hydroxylation is 1. The molecule has 0 aliphatic heterocycles. The number of nitrogens with one attached hydrogen (secondary N) is 1. The van der Waals surface area contributed by atoms with Gasteiger partial charge in [0.15, 0.2) is 0 Å². The van der Waals surface area contributed by atoms with Gasteiger partial charge in [0.1, 0.15) is 0 Å². The standard InChI is InChI=1S/C17H30N2S/c1-4-6-14-7-8-17(18-9-5-2)15(10-14)11-16-12-20-13(3)19-16/h12,14-15,17-18H,4-11H2,1-3H3. The van der Waals surface area contributed by atoms with E-state index in [9.17, 15) is 0 Å². The van der Waals surface area contributed by atoms with Crippen LogP contribution in [-0.2, 0) is 6.42 Å². The molecule has 1 saturated carbocycles. The van der Waals surface area contributed by atoms with Crippen molar-refractivity contribution >= 4 is 11.3 Å². The monoisotopic (exact) mass is 294 g/mol. The van der Waals surface area contributed by atoms with Crippen molar-refractivity contribution in [1.29, 1.82) is 0 Å². The first-order valence-electron chi connectivity index (χ1n) is 8.37. The number of rotatable bonds is 7. The van der Waals surface area contributed by atoms with Gasteiger partial charge in [-0.15, -0.1) is 11.3 Å².